The van der Waals surface area contributed by atoms with E-state index in [-0.39, 0.29) is 5.69 Å². The number of benzene rings is 1. The molecular formula is C11H7BrFN3O4S. The van der Waals surface area contributed by atoms with Crippen molar-refractivity contribution in [1.82, 2.24) is 4.98 Å². The van der Waals surface area contributed by atoms with Crippen LogP contribution in [0.15, 0.2) is 46.0 Å². The Hall–Kier alpha value is -2.07. The summed E-state index contributed by atoms with van der Waals surface area (Å²) in [6.45, 7) is 0. The quantitative estimate of drug-likeness (QED) is 0.653. The van der Waals surface area contributed by atoms with Gasteiger partial charge < -0.3 is 0 Å². The van der Waals surface area contributed by atoms with Crippen molar-refractivity contribution in [2.45, 2.75) is 5.03 Å². The van der Waals surface area contributed by atoms with E-state index in [0.717, 1.165) is 18.3 Å². The Morgan fingerprint density at radius 2 is 2.05 bits per heavy atom. The second-order valence-electron chi connectivity index (χ2n) is 3.81. The standard InChI is InChI=1S/C11H7BrFN3O4S/c12-7-3-4-9(10(6-7)16(17)18)15-21(19,20)11-8(13)2-1-5-14-11/h1-6,15H. The van der Waals surface area contributed by atoms with Gasteiger partial charge in [-0.25, -0.2) is 9.37 Å². The Bertz CT molecular complexity index is 813. The summed E-state index contributed by atoms with van der Waals surface area (Å²) in [6, 6.07) is 5.90. The lowest BCUT2D eigenvalue weighted by Crippen LogP contribution is -2.17. The van der Waals surface area contributed by atoms with Crippen molar-refractivity contribution in [2.24, 2.45) is 0 Å². The van der Waals surface area contributed by atoms with Crippen molar-refractivity contribution in [1.29, 1.82) is 0 Å². The summed E-state index contributed by atoms with van der Waals surface area (Å²) in [5.74, 6) is -1.05. The number of nitrogens with zero attached hydrogens (tertiary/aromatic N) is 2. The minimum absolute atomic E-state index is 0.284. The maximum absolute atomic E-state index is 13.5. The Balaban J connectivity index is 2.47. The van der Waals surface area contributed by atoms with Crippen molar-refractivity contribution in [2.75, 3.05) is 4.72 Å². The number of nitro benzene ring substituents is 1. The van der Waals surface area contributed by atoms with Crippen LogP contribution in [-0.4, -0.2) is 18.3 Å². The lowest BCUT2D eigenvalue weighted by atomic mass is 10.3. The average Bonchev–Trinajstić information content (AvgIpc) is 2.40. The predicted molar refractivity (Wildman–Crippen MR) is 75.8 cm³/mol. The van der Waals surface area contributed by atoms with E-state index < -0.39 is 31.5 Å². The van der Waals surface area contributed by atoms with E-state index in [1.807, 2.05) is 4.72 Å². The number of sulfonamides is 1. The van der Waals surface area contributed by atoms with Gasteiger partial charge in [-0.05, 0) is 24.3 Å². The van der Waals surface area contributed by atoms with Crippen molar-refractivity contribution >= 4 is 37.3 Å². The van der Waals surface area contributed by atoms with Crippen LogP contribution in [0.3, 0.4) is 0 Å². The highest BCUT2D eigenvalue weighted by Crippen LogP contribution is 2.29. The minimum Gasteiger partial charge on any atom is -0.272 e. The zero-order valence-corrected chi connectivity index (χ0v) is 12.6. The average molecular weight is 376 g/mol. The summed E-state index contributed by atoms with van der Waals surface area (Å²) in [4.78, 5) is 13.6. The molecule has 0 fully saturated rings. The van der Waals surface area contributed by atoms with Gasteiger partial charge in [0, 0.05) is 16.7 Å². The number of hydrogen-bond donors (Lipinski definition) is 1. The number of aromatic nitrogens is 1. The van der Waals surface area contributed by atoms with Crippen LogP contribution >= 0.6 is 15.9 Å². The monoisotopic (exact) mass is 375 g/mol. The number of rotatable bonds is 4. The van der Waals surface area contributed by atoms with Crippen LogP contribution < -0.4 is 4.72 Å². The van der Waals surface area contributed by atoms with Gasteiger partial charge in [0.05, 0.1) is 4.92 Å². The first kappa shape index (κ1) is 15.3. The molecule has 0 saturated heterocycles. The second kappa shape index (κ2) is 5.74. The third kappa shape index (κ3) is 3.34. The number of pyridine rings is 1. The Labute approximate surface area is 127 Å². The van der Waals surface area contributed by atoms with E-state index in [1.165, 1.54) is 18.2 Å². The molecule has 0 bridgehead atoms. The van der Waals surface area contributed by atoms with Crippen LogP contribution in [0.5, 0.6) is 0 Å². The summed E-state index contributed by atoms with van der Waals surface area (Å²) in [5, 5.41) is 10.1. The van der Waals surface area contributed by atoms with E-state index in [0.29, 0.717) is 4.47 Å². The zero-order valence-electron chi connectivity index (χ0n) is 10.2. The smallest absolute Gasteiger partial charge is 0.272 e. The molecule has 1 aromatic heterocycles. The van der Waals surface area contributed by atoms with Gasteiger partial charge in [0.2, 0.25) is 5.03 Å². The largest absolute Gasteiger partial charge is 0.294 e. The lowest BCUT2D eigenvalue weighted by Gasteiger charge is -2.08. The molecule has 1 aromatic carbocycles. The highest BCUT2D eigenvalue weighted by molar-refractivity contribution is 9.10. The fraction of sp³-hybridized carbons (Fsp3) is 0. The van der Waals surface area contributed by atoms with Gasteiger partial charge in [-0.15, -0.1) is 0 Å². The van der Waals surface area contributed by atoms with Gasteiger partial charge in [0.1, 0.15) is 5.69 Å². The van der Waals surface area contributed by atoms with Crippen LogP contribution in [0, 0.1) is 15.9 Å². The number of halogens is 2. The van der Waals surface area contributed by atoms with Gasteiger partial charge in [-0.2, -0.15) is 8.42 Å². The van der Waals surface area contributed by atoms with E-state index >= 15 is 0 Å². The first-order valence-corrected chi connectivity index (χ1v) is 7.66. The Kier molecular flexibility index (Phi) is 4.19. The predicted octanol–water partition coefficient (Wildman–Crippen LogP) is 2.69. The SMILES string of the molecule is O=[N+]([O-])c1cc(Br)ccc1NS(=O)(=O)c1ncccc1F. The van der Waals surface area contributed by atoms with Gasteiger partial charge in [0.25, 0.3) is 15.7 Å². The number of nitrogens with one attached hydrogen (secondary N) is 1. The maximum Gasteiger partial charge on any atom is 0.294 e. The molecule has 0 saturated carbocycles. The van der Waals surface area contributed by atoms with Crippen molar-refractivity contribution < 1.29 is 17.7 Å². The molecule has 21 heavy (non-hydrogen) atoms. The molecule has 0 aliphatic rings. The van der Waals surface area contributed by atoms with E-state index in [4.69, 9.17) is 0 Å². The summed E-state index contributed by atoms with van der Waals surface area (Å²) >= 11 is 3.05. The Morgan fingerprint density at radius 1 is 1.33 bits per heavy atom. The summed E-state index contributed by atoms with van der Waals surface area (Å²) < 4.78 is 39.9. The number of nitro groups is 1. The highest BCUT2D eigenvalue weighted by atomic mass is 79.9. The third-order valence-electron chi connectivity index (χ3n) is 2.38. The molecule has 0 radical (unpaired) electrons. The molecule has 1 N–H and O–H groups in total. The second-order valence-corrected chi connectivity index (χ2v) is 6.33. The number of anilines is 1. The molecule has 0 aliphatic heterocycles. The Morgan fingerprint density at radius 3 is 2.67 bits per heavy atom. The summed E-state index contributed by atoms with van der Waals surface area (Å²) in [6.07, 6.45) is 1.10. The molecule has 2 rings (SSSR count). The molecule has 0 spiro atoms. The lowest BCUT2D eigenvalue weighted by molar-refractivity contribution is -0.384. The molecule has 0 amide bonds. The molecule has 0 unspecified atom stereocenters. The molecule has 0 aliphatic carbocycles. The van der Waals surface area contributed by atoms with Gasteiger partial charge >= 0.3 is 0 Å². The van der Waals surface area contributed by atoms with Crippen LogP contribution in [0.2, 0.25) is 0 Å². The maximum atomic E-state index is 13.5. The molecule has 110 valence electrons. The molecule has 0 atom stereocenters. The van der Waals surface area contributed by atoms with Crippen molar-refractivity contribution in [3.8, 4) is 0 Å². The molecule has 10 heteroatoms. The summed E-state index contributed by atoms with van der Waals surface area (Å²) in [7, 11) is -4.37. The molecule has 7 nitrogen and oxygen atoms in total. The highest BCUT2D eigenvalue weighted by Gasteiger charge is 2.24. The normalized spacial score (nSPS) is 11.1. The molecule has 1 heterocycles. The van der Waals surface area contributed by atoms with Crippen LogP contribution in [0.1, 0.15) is 0 Å². The van der Waals surface area contributed by atoms with Gasteiger partial charge in [-0.1, -0.05) is 15.9 Å². The third-order valence-corrected chi connectivity index (χ3v) is 4.17. The van der Waals surface area contributed by atoms with Gasteiger partial charge in [-0.3, -0.25) is 14.8 Å². The minimum atomic E-state index is -4.37. The summed E-state index contributed by atoms with van der Waals surface area (Å²) in [5.41, 5.74) is -0.752. The van der Waals surface area contributed by atoms with E-state index in [9.17, 15) is 22.9 Å². The zero-order chi connectivity index (χ0) is 15.6. The topological polar surface area (TPSA) is 102 Å². The molecule has 2 aromatic rings. The van der Waals surface area contributed by atoms with Crippen molar-refractivity contribution in [3.05, 3.63) is 56.9 Å². The molecular weight excluding hydrogens is 369 g/mol. The van der Waals surface area contributed by atoms with Crippen LogP contribution in [0.4, 0.5) is 15.8 Å². The van der Waals surface area contributed by atoms with E-state index in [2.05, 4.69) is 20.9 Å². The van der Waals surface area contributed by atoms with Crippen LogP contribution in [-0.2, 0) is 10.0 Å². The first-order valence-electron chi connectivity index (χ1n) is 5.38. The van der Waals surface area contributed by atoms with Crippen molar-refractivity contribution in [3.63, 3.8) is 0 Å². The van der Waals surface area contributed by atoms with Gasteiger partial charge in [0.15, 0.2) is 5.82 Å². The fourth-order valence-corrected chi connectivity index (χ4v) is 2.94. The fourth-order valence-electron chi connectivity index (χ4n) is 1.50. The van der Waals surface area contributed by atoms with Crippen LogP contribution in [0.25, 0.3) is 0 Å². The first-order chi connectivity index (χ1) is 9.81. The number of hydrogen-bond acceptors (Lipinski definition) is 5. The van der Waals surface area contributed by atoms with E-state index in [1.54, 1.807) is 0 Å².